The molecule has 8 heteroatoms. The molecule has 0 aromatic heterocycles. The van der Waals surface area contributed by atoms with Crippen molar-refractivity contribution in [2.45, 2.75) is 12.5 Å². The molecule has 0 saturated carbocycles. The van der Waals surface area contributed by atoms with Gasteiger partial charge in [0.15, 0.2) is 9.84 Å². The monoisotopic (exact) mass is 376 g/mol. The van der Waals surface area contributed by atoms with E-state index in [1.165, 1.54) is 42.5 Å². The lowest BCUT2D eigenvalue weighted by Crippen LogP contribution is -2.35. The van der Waals surface area contributed by atoms with Crippen LogP contribution >= 0.6 is 0 Å². The maximum Gasteiger partial charge on any atom is 0.255 e. The van der Waals surface area contributed by atoms with E-state index in [0.29, 0.717) is 12.0 Å². The highest BCUT2D eigenvalue weighted by Gasteiger charge is 2.29. The van der Waals surface area contributed by atoms with Crippen LogP contribution in [-0.4, -0.2) is 37.8 Å². The van der Waals surface area contributed by atoms with Crippen LogP contribution in [0, 0.1) is 5.82 Å². The average molecular weight is 376 g/mol. The number of carbonyl (C=O) groups is 2. The molecule has 136 valence electrons. The number of hydrogen-bond donors (Lipinski definition) is 2. The third-order valence-corrected chi connectivity index (χ3v) is 5.87. The van der Waals surface area contributed by atoms with Gasteiger partial charge in [-0.2, -0.15) is 0 Å². The van der Waals surface area contributed by atoms with E-state index in [0.717, 1.165) is 0 Å². The highest BCUT2D eigenvalue weighted by Crippen LogP contribution is 2.15. The van der Waals surface area contributed by atoms with Crippen molar-refractivity contribution >= 4 is 27.3 Å². The Balaban J connectivity index is 1.63. The predicted molar refractivity (Wildman–Crippen MR) is 95.3 cm³/mol. The van der Waals surface area contributed by atoms with Gasteiger partial charge in [0.25, 0.3) is 11.8 Å². The third kappa shape index (κ3) is 4.26. The molecule has 1 heterocycles. The van der Waals surface area contributed by atoms with Gasteiger partial charge in [0.1, 0.15) is 5.82 Å². The Morgan fingerprint density at radius 3 is 2.15 bits per heavy atom. The van der Waals surface area contributed by atoms with Crippen molar-refractivity contribution in [3.05, 3.63) is 65.5 Å². The lowest BCUT2D eigenvalue weighted by Gasteiger charge is -2.11. The molecule has 0 spiro atoms. The van der Waals surface area contributed by atoms with Crippen molar-refractivity contribution < 1.29 is 22.4 Å². The summed E-state index contributed by atoms with van der Waals surface area (Å²) >= 11 is 0. The van der Waals surface area contributed by atoms with Crippen LogP contribution < -0.4 is 10.6 Å². The van der Waals surface area contributed by atoms with Gasteiger partial charge in [0, 0.05) is 17.2 Å². The fraction of sp³-hybridized carbons (Fsp3) is 0.222. The molecule has 6 nitrogen and oxygen atoms in total. The van der Waals surface area contributed by atoms with Gasteiger partial charge in [-0.3, -0.25) is 9.59 Å². The lowest BCUT2D eigenvalue weighted by atomic mass is 10.1. The maximum atomic E-state index is 13.6. The largest absolute Gasteiger partial charge is 0.348 e. The fourth-order valence-corrected chi connectivity index (χ4v) is 4.38. The van der Waals surface area contributed by atoms with Crippen LogP contribution in [0.25, 0.3) is 0 Å². The maximum absolute atomic E-state index is 13.6. The Labute approximate surface area is 150 Å². The number of para-hydroxylation sites is 1. The van der Waals surface area contributed by atoms with Gasteiger partial charge >= 0.3 is 0 Å². The highest BCUT2D eigenvalue weighted by molar-refractivity contribution is 7.91. The number of amides is 2. The van der Waals surface area contributed by atoms with E-state index in [-0.39, 0.29) is 22.8 Å². The number of nitrogens with one attached hydrogen (secondary N) is 2. The van der Waals surface area contributed by atoms with Gasteiger partial charge in [0.2, 0.25) is 0 Å². The smallest absolute Gasteiger partial charge is 0.255 e. The lowest BCUT2D eigenvalue weighted by molar-refractivity contribution is 0.0939. The van der Waals surface area contributed by atoms with Crippen LogP contribution in [0.4, 0.5) is 10.1 Å². The zero-order chi connectivity index (χ0) is 18.7. The molecule has 1 saturated heterocycles. The minimum absolute atomic E-state index is 0.0537. The molecule has 1 aliphatic heterocycles. The standard InChI is InChI=1S/C18H17FN2O4S/c19-15-3-1-2-4-16(15)21-18(23)13-7-5-12(6-8-13)17(22)20-14-9-10-26(24,25)11-14/h1-8,14H,9-11H2,(H,20,22)(H,21,23). The molecular weight excluding hydrogens is 359 g/mol. The molecule has 1 fully saturated rings. The summed E-state index contributed by atoms with van der Waals surface area (Å²) in [6.45, 7) is 0. The molecule has 0 radical (unpaired) electrons. The molecule has 0 bridgehead atoms. The van der Waals surface area contributed by atoms with E-state index in [9.17, 15) is 22.4 Å². The summed E-state index contributed by atoms with van der Waals surface area (Å²) in [7, 11) is -3.07. The number of rotatable bonds is 4. The van der Waals surface area contributed by atoms with Crippen LogP contribution in [0.2, 0.25) is 0 Å². The van der Waals surface area contributed by atoms with Gasteiger partial charge in [-0.05, 0) is 42.8 Å². The molecule has 1 aliphatic rings. The van der Waals surface area contributed by atoms with Gasteiger partial charge in [-0.1, -0.05) is 12.1 Å². The summed E-state index contributed by atoms with van der Waals surface area (Å²) in [5, 5.41) is 5.14. The first-order valence-electron chi connectivity index (χ1n) is 8.01. The van der Waals surface area contributed by atoms with Crippen LogP contribution in [0.5, 0.6) is 0 Å². The Morgan fingerprint density at radius 2 is 1.58 bits per heavy atom. The van der Waals surface area contributed by atoms with Gasteiger partial charge < -0.3 is 10.6 Å². The number of carbonyl (C=O) groups excluding carboxylic acids is 2. The van der Waals surface area contributed by atoms with E-state index in [1.54, 1.807) is 6.07 Å². The molecule has 2 amide bonds. The van der Waals surface area contributed by atoms with Crippen molar-refractivity contribution in [1.29, 1.82) is 0 Å². The van der Waals surface area contributed by atoms with Crippen molar-refractivity contribution in [2.75, 3.05) is 16.8 Å². The average Bonchev–Trinajstić information content (AvgIpc) is 2.95. The first kappa shape index (κ1) is 18.1. The van der Waals surface area contributed by atoms with Crippen molar-refractivity contribution in [2.24, 2.45) is 0 Å². The predicted octanol–water partition coefficient (Wildman–Crippen LogP) is 1.99. The molecule has 26 heavy (non-hydrogen) atoms. The topological polar surface area (TPSA) is 92.3 Å². The molecule has 1 atom stereocenters. The Hall–Kier alpha value is -2.74. The quantitative estimate of drug-likeness (QED) is 0.854. The summed E-state index contributed by atoms with van der Waals surface area (Å²) in [5.74, 6) is -1.41. The molecule has 0 aliphatic carbocycles. The number of halogens is 1. The van der Waals surface area contributed by atoms with Crippen LogP contribution in [0.15, 0.2) is 48.5 Å². The minimum atomic E-state index is -3.07. The second-order valence-electron chi connectivity index (χ2n) is 6.08. The first-order valence-corrected chi connectivity index (χ1v) is 9.83. The van der Waals surface area contributed by atoms with E-state index in [4.69, 9.17) is 0 Å². The summed E-state index contributed by atoms with van der Waals surface area (Å²) in [5.41, 5.74) is 0.659. The van der Waals surface area contributed by atoms with Crippen molar-refractivity contribution in [3.8, 4) is 0 Å². The number of sulfone groups is 1. The Bertz CT molecular complexity index is 942. The van der Waals surface area contributed by atoms with Crippen LogP contribution in [0.1, 0.15) is 27.1 Å². The Morgan fingerprint density at radius 1 is 0.962 bits per heavy atom. The first-order chi connectivity index (χ1) is 12.3. The fourth-order valence-electron chi connectivity index (χ4n) is 2.71. The van der Waals surface area contributed by atoms with Crippen LogP contribution in [0.3, 0.4) is 0 Å². The Kier molecular flexibility index (Phi) is 5.03. The molecule has 3 rings (SSSR count). The van der Waals surface area contributed by atoms with Crippen molar-refractivity contribution in [1.82, 2.24) is 5.32 Å². The second-order valence-corrected chi connectivity index (χ2v) is 8.31. The molecular formula is C18H17FN2O4S. The molecule has 2 N–H and O–H groups in total. The number of benzene rings is 2. The third-order valence-electron chi connectivity index (χ3n) is 4.10. The minimum Gasteiger partial charge on any atom is -0.348 e. The van der Waals surface area contributed by atoms with Gasteiger partial charge in [-0.25, -0.2) is 12.8 Å². The normalized spacial score (nSPS) is 18.3. The van der Waals surface area contributed by atoms with E-state index in [1.807, 2.05) is 0 Å². The molecule has 1 unspecified atom stereocenters. The van der Waals surface area contributed by atoms with E-state index >= 15 is 0 Å². The summed E-state index contributed by atoms with van der Waals surface area (Å²) in [6.07, 6.45) is 0.400. The summed E-state index contributed by atoms with van der Waals surface area (Å²) in [4.78, 5) is 24.3. The number of hydrogen-bond acceptors (Lipinski definition) is 4. The van der Waals surface area contributed by atoms with Gasteiger partial charge in [-0.15, -0.1) is 0 Å². The van der Waals surface area contributed by atoms with Crippen molar-refractivity contribution in [3.63, 3.8) is 0 Å². The zero-order valence-corrected chi connectivity index (χ0v) is 14.6. The molecule has 2 aromatic carbocycles. The summed E-state index contributed by atoms with van der Waals surface area (Å²) < 4.78 is 36.4. The second kappa shape index (κ2) is 7.25. The SMILES string of the molecule is O=C(Nc1ccccc1F)c1ccc(C(=O)NC2CCS(=O)(=O)C2)cc1. The van der Waals surface area contributed by atoms with E-state index < -0.39 is 33.5 Å². The summed E-state index contributed by atoms with van der Waals surface area (Å²) in [6, 6.07) is 11.3. The highest BCUT2D eigenvalue weighted by atomic mass is 32.2. The van der Waals surface area contributed by atoms with E-state index in [2.05, 4.69) is 10.6 Å². The number of anilines is 1. The van der Waals surface area contributed by atoms with Crippen LogP contribution in [-0.2, 0) is 9.84 Å². The zero-order valence-electron chi connectivity index (χ0n) is 13.7. The molecule has 2 aromatic rings. The van der Waals surface area contributed by atoms with Gasteiger partial charge in [0.05, 0.1) is 17.2 Å².